The fraction of sp³-hybridized carbons (Fsp3) is 0.333. The van der Waals surface area contributed by atoms with Gasteiger partial charge in [-0.1, -0.05) is 52.5 Å². The molecule has 0 saturated heterocycles. The zero-order chi connectivity index (χ0) is 13.8. The average molecular weight is 365 g/mol. The number of aryl methyl sites for hydroxylation is 1. The third-order valence-corrected chi connectivity index (χ3v) is 6.31. The molecule has 1 aromatic carbocycles. The van der Waals surface area contributed by atoms with Crippen molar-refractivity contribution in [2.24, 2.45) is 0 Å². The van der Waals surface area contributed by atoms with Crippen molar-refractivity contribution in [2.75, 3.05) is 0 Å². The van der Waals surface area contributed by atoms with Crippen LogP contribution in [0.1, 0.15) is 29.0 Å². The first-order chi connectivity index (χ1) is 8.19. The highest BCUT2D eigenvalue weighted by molar-refractivity contribution is 6.60. The monoisotopic (exact) mass is 362 g/mol. The van der Waals surface area contributed by atoms with Gasteiger partial charge in [-0.2, -0.15) is 0 Å². The van der Waals surface area contributed by atoms with Gasteiger partial charge >= 0.3 is 0 Å². The van der Waals surface area contributed by atoms with E-state index in [1.54, 1.807) is 6.92 Å². The number of halogens is 6. The van der Waals surface area contributed by atoms with E-state index in [-0.39, 0.29) is 5.03 Å². The van der Waals surface area contributed by atoms with Crippen molar-refractivity contribution in [3.8, 4) is 0 Å². The van der Waals surface area contributed by atoms with E-state index < -0.39 is 10.3 Å². The van der Waals surface area contributed by atoms with Crippen LogP contribution in [0.2, 0.25) is 10.0 Å². The highest BCUT2D eigenvalue weighted by Gasteiger charge is 2.43. The first-order valence-electron chi connectivity index (χ1n) is 5.07. The lowest BCUT2D eigenvalue weighted by atomic mass is 9.88. The molecule has 0 heterocycles. The number of alkyl halides is 2. The molecule has 0 fully saturated rings. The van der Waals surface area contributed by atoms with Crippen LogP contribution in [-0.4, -0.2) is 4.87 Å². The van der Waals surface area contributed by atoms with Gasteiger partial charge in [-0.15, -0.1) is 23.2 Å². The second-order valence-electron chi connectivity index (χ2n) is 4.35. The minimum Gasteiger partial charge on any atom is -0.115 e. The summed E-state index contributed by atoms with van der Waals surface area (Å²) in [5, 5.41) is 0.846. The van der Waals surface area contributed by atoms with Gasteiger partial charge in [-0.3, -0.25) is 0 Å². The first-order valence-corrected chi connectivity index (χ1v) is 7.39. The molecule has 0 amide bonds. The molecule has 1 aliphatic carbocycles. The Labute approximate surface area is 136 Å². The van der Waals surface area contributed by atoms with Crippen LogP contribution in [0.4, 0.5) is 0 Å². The zero-order valence-corrected chi connectivity index (χ0v) is 14.0. The fourth-order valence-electron chi connectivity index (χ4n) is 1.93. The molecular formula is C12H8Cl6. The predicted octanol–water partition coefficient (Wildman–Crippen LogP) is 6.74. The molecular weight excluding hydrogens is 357 g/mol. The van der Waals surface area contributed by atoms with E-state index in [0.717, 1.165) is 11.1 Å². The second-order valence-corrected chi connectivity index (χ2v) is 7.09. The van der Waals surface area contributed by atoms with Crippen molar-refractivity contribution in [3.05, 3.63) is 37.8 Å². The van der Waals surface area contributed by atoms with Gasteiger partial charge < -0.3 is 0 Å². The first kappa shape index (κ1) is 15.1. The van der Waals surface area contributed by atoms with Gasteiger partial charge in [0, 0.05) is 5.56 Å². The normalized spacial score (nSPS) is 27.4. The number of hydrogen-bond acceptors (Lipinski definition) is 0. The number of benzene rings is 1. The van der Waals surface area contributed by atoms with Crippen LogP contribution >= 0.6 is 69.6 Å². The molecule has 2 unspecified atom stereocenters. The molecule has 0 spiro atoms. The molecule has 18 heavy (non-hydrogen) atoms. The largest absolute Gasteiger partial charge is 0.115 e. The summed E-state index contributed by atoms with van der Waals surface area (Å²) in [7, 11) is 0. The van der Waals surface area contributed by atoms with Crippen molar-refractivity contribution < 1.29 is 0 Å². The van der Waals surface area contributed by atoms with Gasteiger partial charge in [0.25, 0.3) is 0 Å². The van der Waals surface area contributed by atoms with Crippen LogP contribution in [0.15, 0.2) is 11.1 Å². The Kier molecular flexibility index (Phi) is 4.12. The molecule has 0 aromatic heterocycles. The Hall–Kier alpha value is 0.700. The molecule has 0 aliphatic heterocycles. The summed E-state index contributed by atoms with van der Waals surface area (Å²) in [6.45, 7) is 3.56. The molecule has 0 bridgehead atoms. The highest BCUT2D eigenvalue weighted by Crippen LogP contribution is 2.56. The van der Waals surface area contributed by atoms with E-state index in [2.05, 4.69) is 0 Å². The molecule has 1 aliphatic rings. The van der Waals surface area contributed by atoms with E-state index in [1.165, 1.54) is 0 Å². The maximum atomic E-state index is 6.38. The zero-order valence-electron chi connectivity index (χ0n) is 9.42. The highest BCUT2D eigenvalue weighted by atomic mass is 35.5. The topological polar surface area (TPSA) is 0 Å². The summed E-state index contributed by atoms with van der Waals surface area (Å²) in [4.78, 5) is -0.962. The van der Waals surface area contributed by atoms with Gasteiger partial charge in [0.1, 0.15) is 0 Å². The van der Waals surface area contributed by atoms with Gasteiger partial charge in [-0.05, 0) is 25.0 Å². The molecule has 6 heteroatoms. The minimum atomic E-state index is -0.962. The van der Waals surface area contributed by atoms with E-state index >= 15 is 0 Å². The number of hydrogen-bond donors (Lipinski definition) is 0. The Morgan fingerprint density at radius 3 is 2.22 bits per heavy atom. The third-order valence-electron chi connectivity index (χ3n) is 3.01. The molecule has 1 aromatic rings. The Bertz CT molecular complexity index is 558. The molecule has 2 atom stereocenters. The van der Waals surface area contributed by atoms with E-state index in [0.29, 0.717) is 20.6 Å². The molecule has 0 nitrogen and oxygen atoms in total. The number of allylic oxidation sites excluding steroid dienone is 1. The summed E-state index contributed by atoms with van der Waals surface area (Å²) in [5.74, 6) is 0. The van der Waals surface area contributed by atoms with Crippen LogP contribution in [0.25, 0.3) is 5.03 Å². The summed E-state index contributed by atoms with van der Waals surface area (Å²) < 4.78 is 0. The van der Waals surface area contributed by atoms with Crippen molar-refractivity contribution in [3.63, 3.8) is 0 Å². The minimum absolute atomic E-state index is 0.278. The lowest BCUT2D eigenvalue weighted by molar-refractivity contribution is 0.718. The summed E-state index contributed by atoms with van der Waals surface area (Å²) in [6.07, 6.45) is 0. The average Bonchev–Trinajstić information content (AvgIpc) is 2.31. The van der Waals surface area contributed by atoms with Crippen LogP contribution in [-0.2, 0) is 0 Å². The predicted molar refractivity (Wildman–Crippen MR) is 82.7 cm³/mol. The number of rotatable bonds is 0. The van der Waals surface area contributed by atoms with Crippen molar-refractivity contribution >= 4 is 74.6 Å². The Balaban J connectivity index is 2.86. The maximum absolute atomic E-state index is 6.38. The number of fused-ring (bicyclic) bond motifs is 1. The third kappa shape index (κ3) is 2.06. The smallest absolute Gasteiger partial charge is 0.0991 e. The summed E-state index contributed by atoms with van der Waals surface area (Å²) in [6, 6.07) is 1.84. The lowest BCUT2D eigenvalue weighted by Crippen LogP contribution is -2.28. The maximum Gasteiger partial charge on any atom is 0.0991 e. The molecule has 0 N–H and O–H groups in total. The quantitative estimate of drug-likeness (QED) is 0.447. The molecule has 0 radical (unpaired) electrons. The summed E-state index contributed by atoms with van der Waals surface area (Å²) in [5.41, 5.74) is 2.13. The van der Waals surface area contributed by atoms with Crippen molar-refractivity contribution in [2.45, 2.75) is 24.1 Å². The van der Waals surface area contributed by atoms with Crippen molar-refractivity contribution in [1.82, 2.24) is 0 Å². The second kappa shape index (κ2) is 4.91. The van der Waals surface area contributed by atoms with E-state index in [1.807, 2.05) is 13.0 Å². The molecule has 2 rings (SSSR count). The Morgan fingerprint density at radius 1 is 1.11 bits per heavy atom. The molecule has 98 valence electrons. The SMILES string of the molecule is Cc1cc2c(c(Cl)c1Cl)C(Cl)=C(Cl)C(C)(Cl)C2Cl. The van der Waals surface area contributed by atoms with Crippen LogP contribution in [0, 0.1) is 6.92 Å². The van der Waals surface area contributed by atoms with E-state index in [9.17, 15) is 0 Å². The van der Waals surface area contributed by atoms with Gasteiger partial charge in [-0.25, -0.2) is 0 Å². The fourth-order valence-corrected chi connectivity index (χ4v) is 3.68. The lowest BCUT2D eigenvalue weighted by Gasteiger charge is -2.35. The summed E-state index contributed by atoms with van der Waals surface area (Å²) >= 11 is 37.5. The van der Waals surface area contributed by atoms with Gasteiger partial charge in [0.2, 0.25) is 0 Å². The molecule has 0 saturated carbocycles. The van der Waals surface area contributed by atoms with Crippen LogP contribution < -0.4 is 0 Å². The van der Waals surface area contributed by atoms with Gasteiger partial charge in [0.05, 0.1) is 30.4 Å². The van der Waals surface area contributed by atoms with Crippen LogP contribution in [0.3, 0.4) is 0 Å². The van der Waals surface area contributed by atoms with Gasteiger partial charge in [0.15, 0.2) is 0 Å². The van der Waals surface area contributed by atoms with Crippen molar-refractivity contribution in [1.29, 1.82) is 0 Å². The van der Waals surface area contributed by atoms with Crippen LogP contribution in [0.5, 0.6) is 0 Å². The van der Waals surface area contributed by atoms with E-state index in [4.69, 9.17) is 69.6 Å². The standard InChI is InChI=1S/C12H8Cl6/c1-4-3-5-6(8(14)7(4)13)9(15)11(17)12(2,18)10(5)16/h3,10H,1-2H3. The Morgan fingerprint density at radius 2 is 1.67 bits per heavy atom.